The summed E-state index contributed by atoms with van der Waals surface area (Å²) >= 11 is 0. The monoisotopic (exact) mass is 258 g/mol. The Morgan fingerprint density at radius 1 is 0.700 bits per heavy atom. The number of nitrogens with two attached hydrogens (primary N) is 1. The summed E-state index contributed by atoms with van der Waals surface area (Å²) in [7, 11) is 0. The zero-order chi connectivity index (χ0) is 13.5. The number of hydrogen-bond acceptors (Lipinski definition) is 1. The van der Waals surface area contributed by atoms with Crippen molar-refractivity contribution in [1.29, 1.82) is 0 Å². The minimum Gasteiger partial charge on any atom is -0.398 e. The second-order valence-electron chi connectivity index (χ2n) is 5.02. The van der Waals surface area contributed by atoms with Crippen molar-refractivity contribution in [2.24, 2.45) is 0 Å². The Labute approximate surface area is 116 Å². The number of nitrogens with one attached hydrogen (secondary N) is 1. The normalized spacial score (nSPS) is 11.2. The minimum atomic E-state index is 0.808. The van der Waals surface area contributed by atoms with E-state index >= 15 is 0 Å². The Balaban J connectivity index is 2.00. The van der Waals surface area contributed by atoms with Gasteiger partial charge in [-0.3, -0.25) is 0 Å². The minimum absolute atomic E-state index is 0.808. The Hall–Kier alpha value is -2.74. The molecule has 0 aliphatic carbocycles. The second-order valence-corrected chi connectivity index (χ2v) is 5.02. The third-order valence-corrected chi connectivity index (χ3v) is 3.78. The highest BCUT2D eigenvalue weighted by Gasteiger charge is 2.06. The fourth-order valence-corrected chi connectivity index (χ4v) is 2.78. The lowest BCUT2D eigenvalue weighted by molar-refractivity contribution is 1.54. The van der Waals surface area contributed by atoms with Crippen molar-refractivity contribution in [3.63, 3.8) is 0 Å². The number of anilines is 1. The molecule has 0 unspecified atom stereocenters. The van der Waals surface area contributed by atoms with Gasteiger partial charge in [0.2, 0.25) is 0 Å². The van der Waals surface area contributed by atoms with Gasteiger partial charge in [0.1, 0.15) is 0 Å². The van der Waals surface area contributed by atoms with Crippen LogP contribution in [0.5, 0.6) is 0 Å². The first-order chi connectivity index (χ1) is 9.83. The number of aromatic amines is 1. The molecular weight excluding hydrogens is 244 g/mol. The molecule has 0 aliphatic heterocycles. The lowest BCUT2D eigenvalue weighted by atomic mass is 10.0. The van der Waals surface area contributed by atoms with Gasteiger partial charge in [0.25, 0.3) is 0 Å². The van der Waals surface area contributed by atoms with E-state index in [0.717, 1.165) is 22.3 Å². The third kappa shape index (κ3) is 1.58. The molecule has 0 radical (unpaired) electrons. The smallest absolute Gasteiger partial charge is 0.0471 e. The lowest BCUT2D eigenvalue weighted by Crippen LogP contribution is -1.88. The van der Waals surface area contributed by atoms with E-state index in [0.29, 0.717) is 0 Å². The van der Waals surface area contributed by atoms with Crippen LogP contribution in [0.15, 0.2) is 66.7 Å². The molecule has 2 heteroatoms. The number of H-pyrrole nitrogens is 1. The number of benzene rings is 3. The van der Waals surface area contributed by atoms with Gasteiger partial charge in [-0.05, 0) is 23.8 Å². The average molecular weight is 258 g/mol. The Morgan fingerprint density at radius 2 is 1.45 bits per heavy atom. The van der Waals surface area contributed by atoms with Crippen molar-refractivity contribution in [2.45, 2.75) is 0 Å². The molecule has 20 heavy (non-hydrogen) atoms. The summed E-state index contributed by atoms with van der Waals surface area (Å²) < 4.78 is 0. The van der Waals surface area contributed by atoms with E-state index in [-0.39, 0.29) is 0 Å². The molecule has 4 aromatic rings. The van der Waals surface area contributed by atoms with Crippen LogP contribution in [0.2, 0.25) is 0 Å². The van der Waals surface area contributed by atoms with Gasteiger partial charge in [0.15, 0.2) is 0 Å². The molecule has 0 saturated heterocycles. The van der Waals surface area contributed by atoms with Crippen LogP contribution in [0.1, 0.15) is 0 Å². The fourth-order valence-electron chi connectivity index (χ4n) is 2.78. The van der Waals surface area contributed by atoms with Gasteiger partial charge in [-0.2, -0.15) is 0 Å². The molecule has 3 N–H and O–H groups in total. The maximum Gasteiger partial charge on any atom is 0.0471 e. The van der Waals surface area contributed by atoms with Gasteiger partial charge in [-0.15, -0.1) is 0 Å². The van der Waals surface area contributed by atoms with Crippen molar-refractivity contribution in [3.8, 4) is 11.1 Å². The highest BCUT2D eigenvalue weighted by molar-refractivity contribution is 6.08. The number of aromatic nitrogens is 1. The van der Waals surface area contributed by atoms with Gasteiger partial charge < -0.3 is 10.7 Å². The van der Waals surface area contributed by atoms with Crippen LogP contribution in [0.25, 0.3) is 32.9 Å². The molecule has 0 amide bonds. The molecule has 0 fully saturated rings. The second kappa shape index (κ2) is 4.14. The zero-order valence-corrected chi connectivity index (χ0v) is 10.9. The molecule has 2 nitrogen and oxygen atoms in total. The largest absolute Gasteiger partial charge is 0.398 e. The predicted octanol–water partition coefficient (Wildman–Crippen LogP) is 4.57. The Bertz CT molecular complexity index is 919. The van der Waals surface area contributed by atoms with Gasteiger partial charge in [-0.1, -0.05) is 48.5 Å². The summed E-state index contributed by atoms with van der Waals surface area (Å²) in [4.78, 5) is 3.47. The fraction of sp³-hybridized carbons (Fsp3) is 0. The van der Waals surface area contributed by atoms with Crippen LogP contribution in [0.4, 0.5) is 5.69 Å². The van der Waals surface area contributed by atoms with Crippen LogP contribution in [0, 0.1) is 0 Å². The summed E-state index contributed by atoms with van der Waals surface area (Å²) in [6.45, 7) is 0. The van der Waals surface area contributed by atoms with Crippen LogP contribution in [-0.4, -0.2) is 4.98 Å². The van der Waals surface area contributed by atoms with Gasteiger partial charge >= 0.3 is 0 Å². The first kappa shape index (κ1) is 11.1. The van der Waals surface area contributed by atoms with Crippen LogP contribution in [-0.2, 0) is 0 Å². The quantitative estimate of drug-likeness (QED) is 0.482. The Morgan fingerprint density at radius 3 is 2.35 bits per heavy atom. The number of para-hydroxylation sites is 2. The van der Waals surface area contributed by atoms with Crippen molar-refractivity contribution in [1.82, 2.24) is 4.98 Å². The molecule has 96 valence electrons. The number of nitrogen functional groups attached to an aromatic ring is 1. The van der Waals surface area contributed by atoms with Crippen molar-refractivity contribution >= 4 is 27.5 Å². The Kier molecular flexibility index (Phi) is 2.30. The number of hydrogen-bond donors (Lipinski definition) is 2. The topological polar surface area (TPSA) is 41.8 Å². The van der Waals surface area contributed by atoms with E-state index in [9.17, 15) is 0 Å². The molecule has 0 bridgehead atoms. The molecule has 3 aromatic carbocycles. The van der Waals surface area contributed by atoms with Crippen LogP contribution in [0.3, 0.4) is 0 Å². The molecule has 1 heterocycles. The van der Waals surface area contributed by atoms with Gasteiger partial charge in [0.05, 0.1) is 0 Å². The molecule has 0 spiro atoms. The third-order valence-electron chi connectivity index (χ3n) is 3.78. The van der Waals surface area contributed by atoms with E-state index in [1.165, 1.54) is 16.3 Å². The van der Waals surface area contributed by atoms with Crippen molar-refractivity contribution in [2.75, 3.05) is 5.73 Å². The molecule has 1 aromatic heterocycles. The summed E-state index contributed by atoms with van der Waals surface area (Å²) in [5, 5.41) is 2.51. The summed E-state index contributed by atoms with van der Waals surface area (Å²) in [6, 6.07) is 22.8. The summed E-state index contributed by atoms with van der Waals surface area (Å²) in [6.07, 6.45) is 0. The first-order valence-corrected chi connectivity index (χ1v) is 6.68. The van der Waals surface area contributed by atoms with Crippen LogP contribution >= 0.6 is 0 Å². The summed E-state index contributed by atoms with van der Waals surface area (Å²) in [5.41, 5.74) is 11.4. The first-order valence-electron chi connectivity index (χ1n) is 6.68. The van der Waals surface area contributed by atoms with E-state index < -0.39 is 0 Å². The van der Waals surface area contributed by atoms with E-state index in [2.05, 4.69) is 47.4 Å². The average Bonchev–Trinajstić information content (AvgIpc) is 2.85. The van der Waals surface area contributed by atoms with Gasteiger partial charge in [0, 0.05) is 33.1 Å². The number of rotatable bonds is 1. The van der Waals surface area contributed by atoms with E-state index in [1.807, 2.05) is 24.3 Å². The SMILES string of the molecule is Nc1ccccc1-c1ccc2c(c1)[nH]c1ccccc12. The highest BCUT2D eigenvalue weighted by atomic mass is 14.7. The standard InChI is InChI=1S/C18H14N2/c19-16-7-3-1-5-13(16)12-9-10-15-14-6-2-4-8-17(14)20-18(15)11-12/h1-11,20H,19H2. The number of fused-ring (bicyclic) bond motifs is 3. The maximum absolute atomic E-state index is 6.06. The van der Waals surface area contributed by atoms with Crippen molar-refractivity contribution < 1.29 is 0 Å². The van der Waals surface area contributed by atoms with E-state index in [1.54, 1.807) is 0 Å². The maximum atomic E-state index is 6.06. The van der Waals surface area contributed by atoms with Gasteiger partial charge in [-0.25, -0.2) is 0 Å². The summed E-state index contributed by atoms with van der Waals surface area (Å²) in [5.74, 6) is 0. The zero-order valence-electron chi connectivity index (χ0n) is 10.9. The molecule has 4 rings (SSSR count). The lowest BCUT2D eigenvalue weighted by Gasteiger charge is -2.05. The van der Waals surface area contributed by atoms with Crippen molar-refractivity contribution in [3.05, 3.63) is 66.7 Å². The highest BCUT2D eigenvalue weighted by Crippen LogP contribution is 2.31. The molecule has 0 atom stereocenters. The molecular formula is C18H14N2. The molecule has 0 saturated carbocycles. The van der Waals surface area contributed by atoms with Crippen LogP contribution < -0.4 is 5.73 Å². The van der Waals surface area contributed by atoms with E-state index in [4.69, 9.17) is 5.73 Å². The molecule has 0 aliphatic rings. The predicted molar refractivity (Wildman–Crippen MR) is 85.7 cm³/mol.